The molecule has 0 spiro atoms. The highest BCUT2D eigenvalue weighted by atomic mass is 16.5. The average molecular weight is 488 g/mol. The molecule has 0 aromatic heterocycles. The van der Waals surface area contributed by atoms with Crippen LogP contribution in [-0.4, -0.2) is 40.5 Å². The Kier molecular flexibility index (Phi) is 7.01. The SMILES string of the molecule is CCOc1cc(C2/C(=C(\O)c3cc(C)ccc3C)C(=O)C(=O)N2Cc2ccccc2OC)ccc1O. The van der Waals surface area contributed by atoms with E-state index in [1.54, 1.807) is 38.3 Å². The molecular weight excluding hydrogens is 458 g/mol. The molecule has 0 aliphatic carbocycles. The zero-order valence-electron chi connectivity index (χ0n) is 20.7. The fraction of sp³-hybridized carbons (Fsp3) is 0.241. The Morgan fingerprint density at radius 1 is 1.00 bits per heavy atom. The number of ether oxygens (including phenoxy) is 2. The third kappa shape index (κ3) is 4.52. The number of aliphatic hydroxyl groups is 1. The number of para-hydroxylation sites is 1. The second kappa shape index (κ2) is 10.2. The normalized spacial score (nSPS) is 16.9. The van der Waals surface area contributed by atoms with E-state index in [0.717, 1.165) is 11.1 Å². The van der Waals surface area contributed by atoms with Crippen molar-refractivity contribution in [2.75, 3.05) is 13.7 Å². The number of ketones is 1. The lowest BCUT2D eigenvalue weighted by Gasteiger charge is -2.26. The van der Waals surface area contributed by atoms with Crippen LogP contribution in [0.1, 0.15) is 40.8 Å². The molecule has 1 atom stereocenters. The topological polar surface area (TPSA) is 96.3 Å². The van der Waals surface area contributed by atoms with Crippen molar-refractivity contribution in [3.63, 3.8) is 0 Å². The Labute approximate surface area is 210 Å². The summed E-state index contributed by atoms with van der Waals surface area (Å²) in [5.41, 5.74) is 3.38. The van der Waals surface area contributed by atoms with Crippen molar-refractivity contribution < 1.29 is 29.3 Å². The standard InChI is InChI=1S/C29H29NO6/c1-5-36-24-15-19(12-13-22(24)31)26-25(27(32)21-14-17(2)10-11-18(21)3)28(33)29(34)30(26)16-20-8-6-7-9-23(20)35-4/h6-15,26,31-32H,5,16H2,1-4H3/b27-25+. The minimum absolute atomic E-state index is 0.0169. The molecule has 3 aromatic rings. The Hall–Kier alpha value is -4.26. The molecule has 186 valence electrons. The first-order valence-corrected chi connectivity index (χ1v) is 11.7. The minimum atomic E-state index is -0.908. The number of methoxy groups -OCH3 is 1. The molecule has 0 bridgehead atoms. The fourth-order valence-corrected chi connectivity index (χ4v) is 4.51. The van der Waals surface area contributed by atoms with Crippen molar-refractivity contribution in [1.29, 1.82) is 0 Å². The zero-order valence-corrected chi connectivity index (χ0v) is 20.7. The highest BCUT2D eigenvalue weighted by Gasteiger charge is 2.46. The number of rotatable bonds is 7. The molecule has 7 heteroatoms. The molecule has 1 amide bonds. The van der Waals surface area contributed by atoms with E-state index in [0.29, 0.717) is 29.0 Å². The highest BCUT2D eigenvalue weighted by Crippen LogP contribution is 2.43. The van der Waals surface area contributed by atoms with Crippen LogP contribution in [0.5, 0.6) is 17.2 Å². The summed E-state index contributed by atoms with van der Waals surface area (Å²) in [6.45, 7) is 5.92. The zero-order chi connectivity index (χ0) is 26.0. The van der Waals surface area contributed by atoms with E-state index in [2.05, 4.69) is 0 Å². The van der Waals surface area contributed by atoms with Crippen molar-refractivity contribution in [1.82, 2.24) is 4.90 Å². The first kappa shape index (κ1) is 24.9. The fourth-order valence-electron chi connectivity index (χ4n) is 4.51. The Balaban J connectivity index is 1.93. The quantitative estimate of drug-likeness (QED) is 0.275. The van der Waals surface area contributed by atoms with Crippen molar-refractivity contribution in [3.8, 4) is 17.2 Å². The molecule has 1 aliphatic heterocycles. The van der Waals surface area contributed by atoms with Crippen LogP contribution in [0, 0.1) is 13.8 Å². The highest BCUT2D eigenvalue weighted by molar-refractivity contribution is 6.46. The molecule has 7 nitrogen and oxygen atoms in total. The van der Waals surface area contributed by atoms with Gasteiger partial charge in [-0.25, -0.2) is 0 Å². The van der Waals surface area contributed by atoms with Crippen molar-refractivity contribution in [3.05, 3.63) is 94.1 Å². The lowest BCUT2D eigenvalue weighted by molar-refractivity contribution is -0.140. The van der Waals surface area contributed by atoms with Gasteiger partial charge in [0.2, 0.25) is 0 Å². The minimum Gasteiger partial charge on any atom is -0.507 e. The number of aromatic hydroxyl groups is 1. The molecule has 4 rings (SSSR count). The summed E-state index contributed by atoms with van der Waals surface area (Å²) in [6, 6.07) is 16.6. The molecule has 1 saturated heterocycles. The molecule has 1 heterocycles. The van der Waals surface area contributed by atoms with Gasteiger partial charge < -0.3 is 24.6 Å². The summed E-state index contributed by atoms with van der Waals surface area (Å²) in [4.78, 5) is 28.2. The van der Waals surface area contributed by atoms with Crippen molar-refractivity contribution in [2.45, 2.75) is 33.4 Å². The number of carbonyl (C=O) groups excluding carboxylic acids is 2. The maximum atomic E-state index is 13.4. The van der Waals surface area contributed by atoms with Gasteiger partial charge in [-0.05, 0) is 56.2 Å². The van der Waals surface area contributed by atoms with Crippen LogP contribution in [0.4, 0.5) is 0 Å². The van der Waals surface area contributed by atoms with Gasteiger partial charge in [0.25, 0.3) is 11.7 Å². The Bertz CT molecular complexity index is 1360. The van der Waals surface area contributed by atoms with E-state index in [9.17, 15) is 19.8 Å². The van der Waals surface area contributed by atoms with E-state index in [4.69, 9.17) is 9.47 Å². The van der Waals surface area contributed by atoms with E-state index < -0.39 is 17.7 Å². The van der Waals surface area contributed by atoms with Crippen LogP contribution in [0.15, 0.2) is 66.2 Å². The van der Waals surface area contributed by atoms with Gasteiger partial charge in [0.1, 0.15) is 11.5 Å². The molecule has 1 fully saturated rings. The number of aliphatic hydroxyl groups excluding tert-OH is 1. The molecule has 3 aromatic carbocycles. The molecule has 0 radical (unpaired) electrons. The van der Waals surface area contributed by atoms with Crippen LogP contribution in [0.25, 0.3) is 5.76 Å². The number of hydrogen-bond donors (Lipinski definition) is 2. The van der Waals surface area contributed by atoms with E-state index >= 15 is 0 Å². The van der Waals surface area contributed by atoms with E-state index in [1.165, 1.54) is 11.0 Å². The second-order valence-corrected chi connectivity index (χ2v) is 8.72. The van der Waals surface area contributed by atoms with Gasteiger partial charge in [0.05, 0.1) is 31.9 Å². The largest absolute Gasteiger partial charge is 0.507 e. The number of benzene rings is 3. The molecule has 2 N–H and O–H groups in total. The Morgan fingerprint density at radius 3 is 2.47 bits per heavy atom. The first-order chi connectivity index (χ1) is 17.3. The predicted octanol–water partition coefficient (Wildman–Crippen LogP) is 5.04. The maximum Gasteiger partial charge on any atom is 0.295 e. The molecule has 36 heavy (non-hydrogen) atoms. The number of carbonyl (C=O) groups is 2. The summed E-state index contributed by atoms with van der Waals surface area (Å²) < 4.78 is 11.0. The van der Waals surface area contributed by atoms with Gasteiger partial charge in [-0.15, -0.1) is 0 Å². The van der Waals surface area contributed by atoms with E-state index in [-0.39, 0.29) is 29.4 Å². The number of aryl methyl sites for hydroxylation is 2. The maximum absolute atomic E-state index is 13.4. The van der Waals surface area contributed by atoms with Crippen LogP contribution in [0.3, 0.4) is 0 Å². The van der Waals surface area contributed by atoms with Gasteiger partial charge in [0.15, 0.2) is 11.5 Å². The Morgan fingerprint density at radius 2 is 1.75 bits per heavy atom. The van der Waals surface area contributed by atoms with Gasteiger partial charge in [-0.3, -0.25) is 9.59 Å². The third-order valence-corrected chi connectivity index (χ3v) is 6.32. The van der Waals surface area contributed by atoms with Crippen LogP contribution in [0.2, 0.25) is 0 Å². The van der Waals surface area contributed by atoms with Gasteiger partial charge >= 0.3 is 0 Å². The number of Topliss-reactive ketones (excluding diaryl/α,β-unsaturated/α-hetero) is 1. The van der Waals surface area contributed by atoms with Crippen LogP contribution < -0.4 is 9.47 Å². The summed E-state index contributed by atoms with van der Waals surface area (Å²) >= 11 is 0. The van der Waals surface area contributed by atoms with Crippen LogP contribution >= 0.6 is 0 Å². The number of phenols is 1. The third-order valence-electron chi connectivity index (χ3n) is 6.32. The summed E-state index contributed by atoms with van der Waals surface area (Å²) in [5, 5.41) is 21.7. The number of hydrogen-bond acceptors (Lipinski definition) is 6. The van der Waals surface area contributed by atoms with Gasteiger partial charge in [-0.2, -0.15) is 0 Å². The first-order valence-electron chi connectivity index (χ1n) is 11.7. The van der Waals surface area contributed by atoms with Crippen LogP contribution in [-0.2, 0) is 16.1 Å². The van der Waals surface area contributed by atoms with E-state index in [1.807, 2.05) is 44.2 Å². The van der Waals surface area contributed by atoms with Gasteiger partial charge in [0, 0.05) is 11.1 Å². The molecule has 1 aliphatic rings. The number of likely N-dealkylation sites (tertiary alicyclic amines) is 1. The molecule has 1 unspecified atom stereocenters. The lowest BCUT2D eigenvalue weighted by atomic mass is 9.93. The monoisotopic (exact) mass is 487 g/mol. The smallest absolute Gasteiger partial charge is 0.295 e. The lowest BCUT2D eigenvalue weighted by Crippen LogP contribution is -2.29. The number of phenolic OH excluding ortho intramolecular Hbond substituents is 1. The summed E-state index contributed by atoms with van der Waals surface area (Å²) in [5.74, 6) is -1.01. The molecule has 0 saturated carbocycles. The average Bonchev–Trinajstić information content (AvgIpc) is 3.12. The summed E-state index contributed by atoms with van der Waals surface area (Å²) in [6.07, 6.45) is 0. The number of nitrogens with zero attached hydrogens (tertiary/aromatic N) is 1. The summed E-state index contributed by atoms with van der Waals surface area (Å²) in [7, 11) is 1.54. The van der Waals surface area contributed by atoms with Crippen molar-refractivity contribution >= 4 is 17.4 Å². The second-order valence-electron chi connectivity index (χ2n) is 8.72. The number of amides is 1. The predicted molar refractivity (Wildman–Crippen MR) is 136 cm³/mol. The van der Waals surface area contributed by atoms with Gasteiger partial charge in [-0.1, -0.05) is 42.0 Å². The molecular formula is C29H29NO6. The van der Waals surface area contributed by atoms with Crippen molar-refractivity contribution in [2.24, 2.45) is 0 Å².